The molecule has 2 rings (SSSR count). The van der Waals surface area contributed by atoms with Gasteiger partial charge in [0.05, 0.1) is 5.56 Å². The van der Waals surface area contributed by atoms with Crippen LogP contribution in [0, 0.1) is 5.82 Å². The number of hydrogen-bond acceptors (Lipinski definition) is 3. The molecule has 23 heavy (non-hydrogen) atoms. The Hall–Kier alpha value is -2.11. The second-order valence-electron chi connectivity index (χ2n) is 6.78. The van der Waals surface area contributed by atoms with E-state index in [1.165, 1.54) is 12.1 Å². The van der Waals surface area contributed by atoms with Crippen molar-refractivity contribution in [1.82, 2.24) is 4.90 Å². The number of halogens is 1. The van der Waals surface area contributed by atoms with Crippen molar-refractivity contribution >= 4 is 12.1 Å². The molecule has 0 aliphatic carbocycles. The Kier molecular flexibility index (Phi) is 4.92. The van der Waals surface area contributed by atoms with Crippen LogP contribution in [0.4, 0.5) is 9.18 Å². The van der Waals surface area contributed by atoms with Crippen molar-refractivity contribution in [2.75, 3.05) is 13.1 Å². The number of likely N-dealkylation sites (tertiary alicyclic amines) is 1. The van der Waals surface area contributed by atoms with E-state index in [0.717, 1.165) is 6.07 Å². The maximum Gasteiger partial charge on any atom is 0.410 e. The van der Waals surface area contributed by atoms with Gasteiger partial charge in [-0.3, -0.25) is 0 Å². The van der Waals surface area contributed by atoms with Crippen LogP contribution in [-0.2, 0) is 4.74 Å². The van der Waals surface area contributed by atoms with Gasteiger partial charge in [0.25, 0.3) is 0 Å². The Morgan fingerprint density at radius 1 is 1.26 bits per heavy atom. The lowest BCUT2D eigenvalue weighted by Crippen LogP contribution is -2.41. The van der Waals surface area contributed by atoms with E-state index in [0.29, 0.717) is 31.5 Å². The monoisotopic (exact) mass is 323 g/mol. The number of rotatable bonds is 2. The summed E-state index contributed by atoms with van der Waals surface area (Å²) < 4.78 is 18.8. The van der Waals surface area contributed by atoms with Gasteiger partial charge in [0.1, 0.15) is 11.4 Å². The van der Waals surface area contributed by atoms with Gasteiger partial charge in [-0.15, -0.1) is 0 Å². The standard InChI is InChI=1S/C17H22FNO4/c1-17(2,3)23-16(22)19-8-6-11(7-9-19)14-10-12(18)4-5-13(14)15(20)21/h4-5,10-11H,6-9H2,1-3H3,(H,20,21). The van der Waals surface area contributed by atoms with Crippen LogP contribution in [0.5, 0.6) is 0 Å². The number of aromatic carboxylic acids is 1. The van der Waals surface area contributed by atoms with E-state index < -0.39 is 17.4 Å². The summed E-state index contributed by atoms with van der Waals surface area (Å²) in [5.41, 5.74) is 0.0796. The van der Waals surface area contributed by atoms with Gasteiger partial charge < -0.3 is 14.7 Å². The lowest BCUT2D eigenvalue weighted by molar-refractivity contribution is 0.0203. The fourth-order valence-corrected chi connectivity index (χ4v) is 2.77. The van der Waals surface area contributed by atoms with E-state index in [1.807, 2.05) is 20.8 Å². The van der Waals surface area contributed by atoms with Gasteiger partial charge in [-0.1, -0.05) is 0 Å². The summed E-state index contributed by atoms with van der Waals surface area (Å²) in [6.45, 7) is 6.36. The molecule has 0 aromatic heterocycles. The largest absolute Gasteiger partial charge is 0.478 e. The number of amides is 1. The molecule has 0 atom stereocenters. The molecule has 1 saturated heterocycles. The summed E-state index contributed by atoms with van der Waals surface area (Å²) in [5, 5.41) is 9.25. The zero-order valence-corrected chi connectivity index (χ0v) is 13.6. The van der Waals surface area contributed by atoms with Gasteiger partial charge in [-0.2, -0.15) is 0 Å². The van der Waals surface area contributed by atoms with Crippen molar-refractivity contribution in [3.63, 3.8) is 0 Å². The highest BCUT2D eigenvalue weighted by Gasteiger charge is 2.29. The Morgan fingerprint density at radius 2 is 1.87 bits per heavy atom. The first kappa shape index (κ1) is 17.2. The predicted octanol–water partition coefficient (Wildman–Crippen LogP) is 3.64. The molecule has 5 nitrogen and oxygen atoms in total. The quantitative estimate of drug-likeness (QED) is 0.902. The summed E-state index contributed by atoms with van der Waals surface area (Å²) in [5.74, 6) is -1.58. The average molecular weight is 323 g/mol. The number of hydrogen-bond donors (Lipinski definition) is 1. The van der Waals surface area contributed by atoms with Crippen LogP contribution in [0.3, 0.4) is 0 Å². The summed E-state index contributed by atoms with van der Waals surface area (Å²) in [6, 6.07) is 3.74. The predicted molar refractivity (Wildman–Crippen MR) is 83.1 cm³/mol. The molecule has 1 aliphatic heterocycles. The van der Waals surface area contributed by atoms with Crippen molar-refractivity contribution in [2.45, 2.75) is 45.1 Å². The molecule has 1 aliphatic rings. The van der Waals surface area contributed by atoms with Crippen LogP contribution in [0.15, 0.2) is 18.2 Å². The van der Waals surface area contributed by atoms with Crippen molar-refractivity contribution in [3.8, 4) is 0 Å². The molecule has 126 valence electrons. The smallest absolute Gasteiger partial charge is 0.410 e. The van der Waals surface area contributed by atoms with Crippen LogP contribution < -0.4 is 0 Å². The van der Waals surface area contributed by atoms with Gasteiger partial charge >= 0.3 is 12.1 Å². The van der Waals surface area contributed by atoms with Crippen LogP contribution in [0.2, 0.25) is 0 Å². The third-order valence-corrected chi connectivity index (χ3v) is 3.83. The maximum atomic E-state index is 13.5. The number of benzene rings is 1. The Morgan fingerprint density at radius 3 is 2.39 bits per heavy atom. The number of carbonyl (C=O) groups is 2. The SMILES string of the molecule is CC(C)(C)OC(=O)N1CCC(c2cc(F)ccc2C(=O)O)CC1. The zero-order chi connectivity index (χ0) is 17.2. The first-order chi connectivity index (χ1) is 10.7. The average Bonchev–Trinajstić information content (AvgIpc) is 2.45. The van der Waals surface area contributed by atoms with Crippen LogP contribution in [0.1, 0.15) is 55.5 Å². The van der Waals surface area contributed by atoms with E-state index in [2.05, 4.69) is 0 Å². The summed E-state index contributed by atoms with van der Waals surface area (Å²) >= 11 is 0. The zero-order valence-electron chi connectivity index (χ0n) is 13.6. The molecule has 1 N–H and O–H groups in total. The molecule has 1 amide bonds. The molecule has 6 heteroatoms. The third kappa shape index (κ3) is 4.43. The highest BCUT2D eigenvalue weighted by Crippen LogP contribution is 2.31. The molecule has 1 aromatic rings. The highest BCUT2D eigenvalue weighted by atomic mass is 19.1. The van der Waals surface area contributed by atoms with Gasteiger partial charge in [-0.25, -0.2) is 14.0 Å². The van der Waals surface area contributed by atoms with E-state index in [-0.39, 0.29) is 17.6 Å². The third-order valence-electron chi connectivity index (χ3n) is 3.83. The number of piperidine rings is 1. The molecule has 0 unspecified atom stereocenters. The molecule has 0 saturated carbocycles. The molecular formula is C17H22FNO4. The number of carboxylic acids is 1. The molecule has 1 fully saturated rings. The van der Waals surface area contributed by atoms with Crippen LogP contribution in [-0.4, -0.2) is 40.8 Å². The normalized spacial score (nSPS) is 16.3. The lowest BCUT2D eigenvalue weighted by atomic mass is 9.86. The second-order valence-corrected chi connectivity index (χ2v) is 6.78. The van der Waals surface area contributed by atoms with Crippen molar-refractivity contribution in [3.05, 3.63) is 35.1 Å². The number of nitrogens with zero attached hydrogens (tertiary/aromatic N) is 1. The second kappa shape index (κ2) is 6.56. The van der Waals surface area contributed by atoms with Gasteiger partial charge in [0.15, 0.2) is 0 Å². The molecule has 1 aromatic carbocycles. The molecule has 1 heterocycles. The number of ether oxygens (including phenoxy) is 1. The lowest BCUT2D eigenvalue weighted by Gasteiger charge is -2.34. The van der Waals surface area contributed by atoms with Gasteiger partial charge in [0.2, 0.25) is 0 Å². The van der Waals surface area contributed by atoms with Crippen LogP contribution in [0.25, 0.3) is 0 Å². The Labute approximate surface area is 135 Å². The van der Waals surface area contributed by atoms with E-state index >= 15 is 0 Å². The van der Waals surface area contributed by atoms with E-state index in [1.54, 1.807) is 4.90 Å². The molecular weight excluding hydrogens is 301 g/mol. The highest BCUT2D eigenvalue weighted by molar-refractivity contribution is 5.89. The maximum absolute atomic E-state index is 13.5. The number of carbonyl (C=O) groups excluding carboxylic acids is 1. The first-order valence-corrected chi connectivity index (χ1v) is 7.68. The minimum atomic E-state index is -1.06. The minimum Gasteiger partial charge on any atom is -0.478 e. The topological polar surface area (TPSA) is 66.8 Å². The van der Waals surface area contributed by atoms with Gasteiger partial charge in [0, 0.05) is 13.1 Å². The van der Waals surface area contributed by atoms with Gasteiger partial charge in [-0.05, 0) is 63.3 Å². The Bertz CT molecular complexity index is 601. The summed E-state index contributed by atoms with van der Waals surface area (Å²) in [6.07, 6.45) is 0.806. The molecule has 0 radical (unpaired) electrons. The van der Waals surface area contributed by atoms with E-state index in [9.17, 15) is 19.1 Å². The van der Waals surface area contributed by atoms with Crippen molar-refractivity contribution in [1.29, 1.82) is 0 Å². The number of carboxylic acid groups (broad SMARTS) is 1. The van der Waals surface area contributed by atoms with E-state index in [4.69, 9.17) is 4.74 Å². The molecule has 0 bridgehead atoms. The summed E-state index contributed by atoms with van der Waals surface area (Å²) in [7, 11) is 0. The van der Waals surface area contributed by atoms with Crippen molar-refractivity contribution in [2.24, 2.45) is 0 Å². The molecule has 0 spiro atoms. The minimum absolute atomic E-state index is 0.0736. The Balaban J connectivity index is 2.06. The van der Waals surface area contributed by atoms with Crippen LogP contribution >= 0.6 is 0 Å². The fourth-order valence-electron chi connectivity index (χ4n) is 2.77. The first-order valence-electron chi connectivity index (χ1n) is 7.68. The fraction of sp³-hybridized carbons (Fsp3) is 0.529. The summed E-state index contributed by atoms with van der Waals surface area (Å²) in [4.78, 5) is 24.9. The van der Waals surface area contributed by atoms with Crippen molar-refractivity contribution < 1.29 is 23.8 Å².